The van der Waals surface area contributed by atoms with Gasteiger partial charge in [-0.1, -0.05) is 38.1 Å². The molecule has 2 N–H and O–H groups in total. The van der Waals surface area contributed by atoms with Crippen LogP contribution in [0.25, 0.3) is 0 Å². The van der Waals surface area contributed by atoms with Crippen molar-refractivity contribution in [3.8, 4) is 23.0 Å². The van der Waals surface area contributed by atoms with Gasteiger partial charge in [-0.15, -0.1) is 0 Å². The average Bonchev–Trinajstić information content (AvgIpc) is 3.03. The summed E-state index contributed by atoms with van der Waals surface area (Å²) in [6, 6.07) is 15.7. The van der Waals surface area contributed by atoms with Crippen LogP contribution in [0, 0.1) is 5.92 Å². The number of carbonyl (C=O) groups excluding carboxylic acids is 3. The maximum Gasteiger partial charge on any atom is 0.313 e. The molecule has 0 saturated heterocycles. The summed E-state index contributed by atoms with van der Waals surface area (Å²) in [6.45, 7) is 5.29. The third-order valence-corrected chi connectivity index (χ3v) is 7.67. The standard InChI is InChI=1S/C33H41N3O7S/c1-20(2)33(39)43-30-27(42-6)16-18-34-29(30)32(38)36-26(17-19-44-7)31(37)35-21(3)28(22-8-12-24(40-4)13-9-22)23-10-14-25(41-5)15-11-23/h8-16,18,20-21,26,28H,17,19H2,1-7H3,(H,35,37)(H,36,38)/t21-,26-/m0/s1. The topological polar surface area (TPSA) is 125 Å². The zero-order valence-electron chi connectivity index (χ0n) is 26.2. The molecule has 0 aliphatic heterocycles. The number of hydrogen-bond acceptors (Lipinski definition) is 9. The van der Waals surface area contributed by atoms with Gasteiger partial charge < -0.3 is 29.6 Å². The minimum Gasteiger partial charge on any atom is -0.497 e. The molecule has 0 saturated carbocycles. The first-order valence-corrected chi connectivity index (χ1v) is 15.7. The van der Waals surface area contributed by atoms with E-state index in [9.17, 15) is 14.4 Å². The smallest absolute Gasteiger partial charge is 0.313 e. The normalized spacial score (nSPS) is 12.3. The van der Waals surface area contributed by atoms with E-state index in [1.165, 1.54) is 19.4 Å². The van der Waals surface area contributed by atoms with E-state index < -0.39 is 23.8 Å². The summed E-state index contributed by atoms with van der Waals surface area (Å²) >= 11 is 1.56. The highest BCUT2D eigenvalue weighted by atomic mass is 32.2. The van der Waals surface area contributed by atoms with Crippen molar-refractivity contribution in [1.29, 1.82) is 0 Å². The third kappa shape index (κ3) is 8.89. The molecule has 0 bridgehead atoms. The molecule has 44 heavy (non-hydrogen) atoms. The molecule has 3 aromatic rings. The number of thioether (sulfide) groups is 1. The first kappa shape index (κ1) is 34.2. The van der Waals surface area contributed by atoms with Gasteiger partial charge in [-0.05, 0) is 60.7 Å². The Morgan fingerprint density at radius 3 is 1.86 bits per heavy atom. The van der Waals surface area contributed by atoms with E-state index in [-0.39, 0.29) is 35.1 Å². The molecule has 2 atom stereocenters. The van der Waals surface area contributed by atoms with Crippen LogP contribution >= 0.6 is 11.8 Å². The second kappa shape index (κ2) is 16.6. The van der Waals surface area contributed by atoms with E-state index >= 15 is 0 Å². The molecule has 2 aromatic carbocycles. The van der Waals surface area contributed by atoms with E-state index in [4.69, 9.17) is 18.9 Å². The van der Waals surface area contributed by atoms with E-state index in [0.717, 1.165) is 22.6 Å². The van der Waals surface area contributed by atoms with Gasteiger partial charge in [0.2, 0.25) is 11.7 Å². The second-order valence-corrected chi connectivity index (χ2v) is 11.4. The molecule has 11 heteroatoms. The monoisotopic (exact) mass is 623 g/mol. The zero-order valence-corrected chi connectivity index (χ0v) is 27.0. The van der Waals surface area contributed by atoms with Crippen molar-refractivity contribution in [1.82, 2.24) is 15.6 Å². The molecule has 0 aliphatic rings. The van der Waals surface area contributed by atoms with E-state index in [2.05, 4.69) is 15.6 Å². The molecule has 0 unspecified atom stereocenters. The molecule has 3 rings (SSSR count). The Morgan fingerprint density at radius 1 is 0.818 bits per heavy atom. The lowest BCUT2D eigenvalue weighted by molar-refractivity contribution is -0.137. The fourth-order valence-corrected chi connectivity index (χ4v) is 5.07. The van der Waals surface area contributed by atoms with Crippen molar-refractivity contribution in [3.05, 3.63) is 77.6 Å². The van der Waals surface area contributed by atoms with Crippen molar-refractivity contribution in [2.45, 2.75) is 45.2 Å². The largest absolute Gasteiger partial charge is 0.497 e. The zero-order chi connectivity index (χ0) is 32.2. The highest BCUT2D eigenvalue weighted by molar-refractivity contribution is 7.98. The molecular weight excluding hydrogens is 582 g/mol. The SMILES string of the molecule is COc1ccc(C(c2ccc(OC)cc2)[C@H](C)NC(=O)[C@H](CCSC)NC(=O)c2nccc(OC)c2OC(=O)C(C)C)cc1. The second-order valence-electron chi connectivity index (χ2n) is 10.4. The summed E-state index contributed by atoms with van der Waals surface area (Å²) in [7, 11) is 4.63. The van der Waals surface area contributed by atoms with Crippen LogP contribution in [0.4, 0.5) is 0 Å². The molecule has 0 spiro atoms. The number of carbonyl (C=O) groups is 3. The Hall–Kier alpha value is -4.25. The Labute approximate surface area is 263 Å². The number of hydrogen-bond donors (Lipinski definition) is 2. The van der Waals surface area contributed by atoms with Crippen molar-refractivity contribution in [2.24, 2.45) is 5.92 Å². The van der Waals surface area contributed by atoms with Crippen molar-refractivity contribution in [2.75, 3.05) is 33.3 Å². The molecule has 10 nitrogen and oxygen atoms in total. The van der Waals surface area contributed by atoms with Gasteiger partial charge >= 0.3 is 5.97 Å². The van der Waals surface area contributed by atoms with Gasteiger partial charge in [0.25, 0.3) is 5.91 Å². The molecule has 0 radical (unpaired) electrons. The van der Waals surface area contributed by atoms with Crippen LogP contribution in [0.2, 0.25) is 0 Å². The number of nitrogens with one attached hydrogen (secondary N) is 2. The summed E-state index contributed by atoms with van der Waals surface area (Å²) in [5, 5.41) is 5.94. The Bertz CT molecular complexity index is 1350. The summed E-state index contributed by atoms with van der Waals surface area (Å²) < 4.78 is 21.5. The molecule has 236 valence electrons. The van der Waals surface area contributed by atoms with E-state index in [0.29, 0.717) is 12.2 Å². The molecule has 0 aliphatic carbocycles. The molecule has 2 amide bonds. The van der Waals surface area contributed by atoms with Crippen molar-refractivity contribution in [3.63, 3.8) is 0 Å². The number of nitrogens with zero attached hydrogens (tertiary/aromatic N) is 1. The predicted molar refractivity (Wildman–Crippen MR) is 171 cm³/mol. The van der Waals surface area contributed by atoms with Crippen LogP contribution in [-0.4, -0.2) is 68.2 Å². The number of amides is 2. The van der Waals surface area contributed by atoms with Crippen LogP contribution in [0.5, 0.6) is 23.0 Å². The lowest BCUT2D eigenvalue weighted by Crippen LogP contribution is -2.50. The Kier molecular flexibility index (Phi) is 12.9. The third-order valence-electron chi connectivity index (χ3n) is 7.03. The molecule has 1 heterocycles. The van der Waals surface area contributed by atoms with Gasteiger partial charge in [-0.25, -0.2) is 4.98 Å². The number of ether oxygens (including phenoxy) is 4. The van der Waals surface area contributed by atoms with Crippen LogP contribution in [0.3, 0.4) is 0 Å². The Balaban J connectivity index is 1.89. The van der Waals surface area contributed by atoms with Gasteiger partial charge in [-0.3, -0.25) is 14.4 Å². The maximum absolute atomic E-state index is 13.8. The summed E-state index contributed by atoms with van der Waals surface area (Å²) in [5.74, 6) is -0.0558. The summed E-state index contributed by atoms with van der Waals surface area (Å²) in [5.41, 5.74) is 1.80. The van der Waals surface area contributed by atoms with Gasteiger partial charge in [-0.2, -0.15) is 11.8 Å². The molecule has 0 fully saturated rings. The number of esters is 1. The minimum atomic E-state index is -0.883. The van der Waals surface area contributed by atoms with Crippen LogP contribution in [0.1, 0.15) is 54.7 Å². The first-order valence-electron chi connectivity index (χ1n) is 14.3. The number of aromatic nitrogens is 1. The molecular formula is C33H41N3O7S. The van der Waals surface area contributed by atoms with Gasteiger partial charge in [0.05, 0.1) is 27.2 Å². The first-order chi connectivity index (χ1) is 21.1. The lowest BCUT2D eigenvalue weighted by atomic mass is 9.85. The molecule has 1 aromatic heterocycles. The van der Waals surface area contributed by atoms with Crippen LogP contribution in [-0.2, 0) is 9.59 Å². The number of pyridine rings is 1. The summed E-state index contributed by atoms with van der Waals surface area (Å²) in [6.07, 6.45) is 3.68. The number of benzene rings is 2. The minimum absolute atomic E-state index is 0.0948. The van der Waals surface area contributed by atoms with Gasteiger partial charge in [0.1, 0.15) is 17.5 Å². The van der Waals surface area contributed by atoms with Crippen molar-refractivity contribution < 1.29 is 33.3 Å². The van der Waals surface area contributed by atoms with Gasteiger partial charge in [0, 0.05) is 24.2 Å². The van der Waals surface area contributed by atoms with Crippen molar-refractivity contribution >= 4 is 29.5 Å². The van der Waals surface area contributed by atoms with Crippen LogP contribution < -0.4 is 29.6 Å². The Morgan fingerprint density at radius 2 is 1.39 bits per heavy atom. The number of rotatable bonds is 15. The fourth-order valence-electron chi connectivity index (χ4n) is 4.60. The highest BCUT2D eigenvalue weighted by Crippen LogP contribution is 2.32. The van der Waals surface area contributed by atoms with E-state index in [1.807, 2.05) is 61.7 Å². The lowest BCUT2D eigenvalue weighted by Gasteiger charge is -2.28. The maximum atomic E-state index is 13.8. The number of methoxy groups -OCH3 is 3. The van der Waals surface area contributed by atoms with Crippen LogP contribution in [0.15, 0.2) is 60.8 Å². The van der Waals surface area contributed by atoms with Gasteiger partial charge in [0.15, 0.2) is 11.4 Å². The van der Waals surface area contributed by atoms with E-state index in [1.54, 1.807) is 39.8 Å². The fraction of sp³-hybridized carbons (Fsp3) is 0.394. The predicted octanol–water partition coefficient (Wildman–Crippen LogP) is 4.86. The quantitative estimate of drug-likeness (QED) is 0.229. The summed E-state index contributed by atoms with van der Waals surface area (Å²) in [4.78, 5) is 43.8. The highest BCUT2D eigenvalue weighted by Gasteiger charge is 2.30. The average molecular weight is 624 g/mol.